The Morgan fingerprint density at radius 1 is 1.29 bits per heavy atom. The molecule has 0 fully saturated rings. The summed E-state index contributed by atoms with van der Waals surface area (Å²) < 4.78 is 5.63. The maximum Gasteiger partial charge on any atom is 0.195 e. The van der Waals surface area contributed by atoms with Crippen LogP contribution in [0.4, 0.5) is 0 Å². The number of aromatic nitrogens is 3. The normalized spacial score (nSPS) is 17.4. The summed E-state index contributed by atoms with van der Waals surface area (Å²) in [7, 11) is 0. The lowest BCUT2D eigenvalue weighted by atomic mass is 9.70. The minimum absolute atomic E-state index is 0.00706. The molecule has 5 rings (SSSR count). The van der Waals surface area contributed by atoms with Gasteiger partial charge in [0.1, 0.15) is 18.5 Å². The van der Waals surface area contributed by atoms with E-state index in [9.17, 15) is 9.90 Å². The lowest BCUT2D eigenvalue weighted by molar-refractivity contribution is 0.0535. The van der Waals surface area contributed by atoms with Gasteiger partial charge in [-0.3, -0.25) is 4.79 Å². The van der Waals surface area contributed by atoms with Gasteiger partial charge < -0.3 is 24.9 Å². The lowest BCUT2D eigenvalue weighted by Crippen LogP contribution is -2.31. The van der Waals surface area contributed by atoms with Crippen LogP contribution in [0.15, 0.2) is 30.7 Å². The quantitative estimate of drug-likeness (QED) is 0.508. The van der Waals surface area contributed by atoms with Gasteiger partial charge in [-0.1, -0.05) is 13.8 Å². The summed E-state index contributed by atoms with van der Waals surface area (Å²) in [5.74, 6) is 0.593. The first-order chi connectivity index (χ1) is 14.9. The smallest absolute Gasteiger partial charge is 0.195 e. The van der Waals surface area contributed by atoms with Crippen LogP contribution in [-0.4, -0.2) is 50.3 Å². The molecule has 0 unspecified atom stereocenters. The monoisotopic (exact) mass is 419 g/mol. The molecule has 0 radical (unpaired) electrons. The lowest BCUT2D eigenvalue weighted by Gasteiger charge is -2.32. The van der Waals surface area contributed by atoms with Crippen molar-refractivity contribution < 1.29 is 19.7 Å². The van der Waals surface area contributed by atoms with Crippen LogP contribution in [-0.2, 0) is 11.8 Å². The van der Waals surface area contributed by atoms with E-state index in [-0.39, 0.29) is 19.0 Å². The van der Waals surface area contributed by atoms with Gasteiger partial charge >= 0.3 is 0 Å². The molecule has 0 spiro atoms. The molecule has 3 aromatic rings. The first-order valence-electron chi connectivity index (χ1n) is 10.5. The van der Waals surface area contributed by atoms with Crippen LogP contribution in [0.5, 0.6) is 5.75 Å². The van der Waals surface area contributed by atoms with Crippen molar-refractivity contribution in [3.05, 3.63) is 70.1 Å². The molecule has 0 aliphatic heterocycles. The molecule has 0 saturated heterocycles. The number of allylic oxidation sites excluding steroid dienone is 1. The zero-order chi connectivity index (χ0) is 21.8. The van der Waals surface area contributed by atoms with Gasteiger partial charge in [0, 0.05) is 27.9 Å². The van der Waals surface area contributed by atoms with Crippen LogP contribution in [0, 0.1) is 0 Å². The van der Waals surface area contributed by atoms with Crippen molar-refractivity contribution in [1.29, 1.82) is 0 Å². The fraction of sp³-hybridized carbons (Fsp3) is 0.333. The van der Waals surface area contributed by atoms with Crippen molar-refractivity contribution in [1.82, 2.24) is 15.0 Å². The topological polar surface area (TPSA) is 111 Å². The number of aliphatic hydroxyl groups excluding tert-OH is 2. The number of fused-ring (bicyclic) bond motifs is 4. The number of ether oxygens (including phenoxy) is 1. The van der Waals surface area contributed by atoms with Gasteiger partial charge in [0.2, 0.25) is 0 Å². The van der Waals surface area contributed by atoms with E-state index in [1.807, 2.05) is 12.3 Å². The van der Waals surface area contributed by atoms with Crippen LogP contribution in [0.3, 0.4) is 0 Å². The summed E-state index contributed by atoms with van der Waals surface area (Å²) in [5.41, 5.74) is 7.08. The molecule has 160 valence electrons. The summed E-state index contributed by atoms with van der Waals surface area (Å²) in [4.78, 5) is 24.3. The number of nitrogens with one attached hydrogen (secondary N) is 2. The fourth-order valence-corrected chi connectivity index (χ4v) is 4.65. The Morgan fingerprint density at radius 3 is 2.87 bits per heavy atom. The largest absolute Gasteiger partial charge is 0.491 e. The molecule has 2 aliphatic carbocycles. The van der Waals surface area contributed by atoms with Crippen LogP contribution < -0.4 is 4.74 Å². The van der Waals surface area contributed by atoms with Crippen LogP contribution in [0.1, 0.15) is 64.4 Å². The molecule has 7 heteroatoms. The summed E-state index contributed by atoms with van der Waals surface area (Å²) in [6, 6.07) is 5.42. The maximum absolute atomic E-state index is 13.5. The molecule has 4 N–H and O–H groups in total. The van der Waals surface area contributed by atoms with Crippen molar-refractivity contribution in [2.75, 3.05) is 13.2 Å². The average molecular weight is 419 g/mol. The molecule has 31 heavy (non-hydrogen) atoms. The zero-order valence-corrected chi connectivity index (χ0v) is 17.5. The molecular weight excluding hydrogens is 394 g/mol. The van der Waals surface area contributed by atoms with Gasteiger partial charge in [0.15, 0.2) is 5.78 Å². The van der Waals surface area contributed by atoms with Crippen LogP contribution in [0.25, 0.3) is 11.6 Å². The molecule has 0 amide bonds. The van der Waals surface area contributed by atoms with E-state index >= 15 is 0 Å². The molecule has 7 nitrogen and oxygen atoms in total. The molecule has 0 bridgehead atoms. The highest BCUT2D eigenvalue weighted by atomic mass is 16.5. The molecule has 1 atom stereocenters. The van der Waals surface area contributed by atoms with Gasteiger partial charge in [-0.05, 0) is 53.8 Å². The number of aliphatic hydroxyl groups is 2. The second-order valence-corrected chi connectivity index (χ2v) is 8.71. The third-order valence-corrected chi connectivity index (χ3v) is 6.36. The van der Waals surface area contributed by atoms with E-state index < -0.39 is 11.5 Å². The Labute approximate surface area is 179 Å². The third-order valence-electron chi connectivity index (χ3n) is 6.36. The van der Waals surface area contributed by atoms with E-state index in [0.29, 0.717) is 11.3 Å². The van der Waals surface area contributed by atoms with Crippen molar-refractivity contribution in [3.63, 3.8) is 0 Å². The Kier molecular flexibility index (Phi) is 4.60. The molecule has 2 heterocycles. The van der Waals surface area contributed by atoms with Gasteiger partial charge in [0.25, 0.3) is 0 Å². The Hall–Kier alpha value is -3.16. The Morgan fingerprint density at radius 2 is 2.13 bits per heavy atom. The maximum atomic E-state index is 13.5. The first kappa shape index (κ1) is 19.8. The molecule has 2 aromatic heterocycles. The number of rotatable bonds is 5. The highest BCUT2D eigenvalue weighted by Crippen LogP contribution is 2.46. The van der Waals surface area contributed by atoms with E-state index in [2.05, 4.69) is 34.9 Å². The number of hydrogen-bond acceptors (Lipinski definition) is 5. The minimum Gasteiger partial charge on any atom is -0.491 e. The number of carbonyl (C=O) groups excluding carboxylic acids is 1. The molecule has 1 aromatic carbocycles. The van der Waals surface area contributed by atoms with Crippen molar-refractivity contribution in [2.45, 2.75) is 38.2 Å². The minimum atomic E-state index is -0.941. The van der Waals surface area contributed by atoms with E-state index in [4.69, 9.17) is 9.84 Å². The van der Waals surface area contributed by atoms with Gasteiger partial charge in [-0.15, -0.1) is 0 Å². The Bertz CT molecular complexity index is 1190. The third kappa shape index (κ3) is 3.12. The van der Waals surface area contributed by atoms with Crippen LogP contribution >= 0.6 is 0 Å². The number of nitrogens with zero attached hydrogens (tertiary/aromatic N) is 1. The van der Waals surface area contributed by atoms with Crippen molar-refractivity contribution in [3.8, 4) is 5.75 Å². The number of imidazole rings is 1. The molecule has 2 aliphatic rings. The predicted molar refractivity (Wildman–Crippen MR) is 116 cm³/mol. The van der Waals surface area contributed by atoms with E-state index in [1.165, 1.54) is 5.57 Å². The van der Waals surface area contributed by atoms with Gasteiger partial charge in [-0.2, -0.15) is 0 Å². The van der Waals surface area contributed by atoms with Gasteiger partial charge in [0.05, 0.1) is 24.8 Å². The van der Waals surface area contributed by atoms with Crippen molar-refractivity contribution in [2.24, 2.45) is 0 Å². The molecular formula is C24H25N3O4. The van der Waals surface area contributed by atoms with Crippen LogP contribution in [0.2, 0.25) is 0 Å². The first-order valence-corrected chi connectivity index (χ1v) is 10.5. The highest BCUT2D eigenvalue weighted by Gasteiger charge is 2.41. The fourth-order valence-electron chi connectivity index (χ4n) is 4.65. The zero-order valence-electron chi connectivity index (χ0n) is 17.5. The van der Waals surface area contributed by atoms with Crippen molar-refractivity contribution >= 4 is 17.4 Å². The Balaban J connectivity index is 1.56. The predicted octanol–water partition coefficient (Wildman–Crippen LogP) is 2.83. The number of hydrogen-bond donors (Lipinski definition) is 4. The summed E-state index contributed by atoms with van der Waals surface area (Å²) in [6.07, 6.45) is 6.31. The molecule has 0 saturated carbocycles. The number of ketones is 1. The number of aromatic amines is 2. The summed E-state index contributed by atoms with van der Waals surface area (Å²) >= 11 is 0. The average Bonchev–Trinajstić information content (AvgIpc) is 3.44. The van der Waals surface area contributed by atoms with Gasteiger partial charge in [-0.25, -0.2) is 4.98 Å². The number of benzene rings is 1. The standard InChI is InChI=1S/C24H25N3O4/c1-24(2)18-8-15(31-11-14(29)10-28)4-6-16(18)22(30)21-17-5-3-13(20-9-25-12-26-20)7-19(17)27-23(21)24/h4,6-9,12,14,27-29H,3,5,10-11H2,1-2H3,(H,25,26)/t14-/m1/s1. The second-order valence-electron chi connectivity index (χ2n) is 8.71. The summed E-state index contributed by atoms with van der Waals surface area (Å²) in [6.45, 7) is 3.84. The SMILES string of the molecule is CC1(C)c2cc(OC[C@H](O)CO)ccc2C(=O)c2c1[nH]c1c2CCC(c2cnc[nH]2)=C1. The number of carbonyl (C=O) groups is 1. The number of H-pyrrole nitrogens is 2. The second kappa shape index (κ2) is 7.21. The summed E-state index contributed by atoms with van der Waals surface area (Å²) in [5, 5.41) is 18.6. The highest BCUT2D eigenvalue weighted by molar-refractivity contribution is 6.14. The van der Waals surface area contributed by atoms with E-state index in [0.717, 1.165) is 46.6 Å². The van der Waals surface area contributed by atoms with E-state index in [1.54, 1.807) is 18.5 Å².